The average Bonchev–Trinajstić information content (AvgIpc) is 2.98. The van der Waals surface area contributed by atoms with E-state index in [-0.39, 0.29) is 11.4 Å². The Morgan fingerprint density at radius 2 is 1.32 bits per heavy atom. The van der Waals surface area contributed by atoms with Crippen molar-refractivity contribution in [2.45, 2.75) is 78.6 Å². The van der Waals surface area contributed by atoms with E-state index >= 15 is 0 Å². The van der Waals surface area contributed by atoms with E-state index in [4.69, 9.17) is 9.47 Å². The fraction of sp³-hybridized carbons (Fsp3) is 0.429. The molecule has 0 radical (unpaired) electrons. The molecule has 0 aliphatic carbocycles. The molecule has 0 aliphatic heterocycles. The van der Waals surface area contributed by atoms with Crippen molar-refractivity contribution in [2.24, 2.45) is 5.92 Å². The molecular formula is C35H43NO4. The molecule has 5 nitrogen and oxygen atoms in total. The van der Waals surface area contributed by atoms with Crippen LogP contribution >= 0.6 is 0 Å². The molecule has 0 N–H and O–H groups in total. The van der Waals surface area contributed by atoms with Crippen molar-refractivity contribution in [3.63, 3.8) is 0 Å². The molecule has 0 aliphatic rings. The predicted octanol–water partition coefficient (Wildman–Crippen LogP) is 9.61. The second-order valence-corrected chi connectivity index (χ2v) is 10.4. The van der Waals surface area contributed by atoms with Crippen molar-refractivity contribution in [1.82, 2.24) is 0 Å². The number of unbranched alkanes of at least 4 members (excludes halogenated alkanes) is 7. The zero-order valence-corrected chi connectivity index (χ0v) is 24.3. The number of rotatable bonds is 16. The van der Waals surface area contributed by atoms with Crippen LogP contribution in [0, 0.1) is 27.9 Å². The minimum absolute atomic E-state index is 0.0596. The Morgan fingerprint density at radius 1 is 0.750 bits per heavy atom. The summed E-state index contributed by atoms with van der Waals surface area (Å²) in [6.45, 7) is 7.59. The Bertz CT molecular complexity index is 1240. The second-order valence-electron chi connectivity index (χ2n) is 10.4. The van der Waals surface area contributed by atoms with Crippen LogP contribution in [0.3, 0.4) is 0 Å². The third kappa shape index (κ3) is 10.4. The molecule has 0 fully saturated rings. The Morgan fingerprint density at radius 3 is 1.95 bits per heavy atom. The first-order valence-corrected chi connectivity index (χ1v) is 14.8. The second kappa shape index (κ2) is 17.0. The summed E-state index contributed by atoms with van der Waals surface area (Å²) in [5, 5.41) is 11.6. The van der Waals surface area contributed by atoms with Crippen LogP contribution in [-0.4, -0.2) is 18.1 Å². The van der Waals surface area contributed by atoms with Gasteiger partial charge in [-0.1, -0.05) is 108 Å². The standard InChI is InChI=1S/C35H43NO4/c1-4-6-7-8-9-10-11-12-25-39-33-22-20-32(21-23-33)31-18-15-29(16-19-31)13-14-30-17-24-35(34(26-30)36(37)38)40-27-28(3)5-2/h15-24,26,28H,4-12,25,27H2,1-3H3/t28-/m0/s1. The number of hydrogen-bond acceptors (Lipinski definition) is 4. The summed E-state index contributed by atoms with van der Waals surface area (Å²) in [7, 11) is 0. The number of nitro benzene ring substituents is 1. The van der Waals surface area contributed by atoms with Crippen LogP contribution in [0.5, 0.6) is 11.5 Å². The molecule has 0 amide bonds. The number of hydrogen-bond donors (Lipinski definition) is 0. The van der Waals surface area contributed by atoms with E-state index in [0.717, 1.165) is 41.9 Å². The Hall–Kier alpha value is -3.78. The molecule has 3 rings (SSSR count). The summed E-state index contributed by atoms with van der Waals surface area (Å²) in [5.41, 5.74) is 3.57. The van der Waals surface area contributed by atoms with E-state index in [2.05, 4.69) is 44.7 Å². The van der Waals surface area contributed by atoms with Gasteiger partial charge in [-0.3, -0.25) is 10.1 Å². The van der Waals surface area contributed by atoms with E-state index in [0.29, 0.717) is 18.1 Å². The zero-order valence-electron chi connectivity index (χ0n) is 24.3. The summed E-state index contributed by atoms with van der Waals surface area (Å²) in [4.78, 5) is 11.1. The van der Waals surface area contributed by atoms with Gasteiger partial charge in [-0.15, -0.1) is 0 Å². The van der Waals surface area contributed by atoms with Gasteiger partial charge in [-0.2, -0.15) is 0 Å². The highest BCUT2D eigenvalue weighted by molar-refractivity contribution is 5.65. The smallest absolute Gasteiger partial charge is 0.312 e. The molecule has 3 aromatic carbocycles. The first-order valence-electron chi connectivity index (χ1n) is 14.8. The molecule has 3 aromatic rings. The fourth-order valence-corrected chi connectivity index (χ4v) is 4.27. The van der Waals surface area contributed by atoms with Crippen LogP contribution in [0.2, 0.25) is 0 Å². The van der Waals surface area contributed by atoms with Gasteiger partial charge >= 0.3 is 5.69 Å². The van der Waals surface area contributed by atoms with E-state index in [1.165, 1.54) is 51.0 Å². The Kier molecular flexibility index (Phi) is 13.1. The lowest BCUT2D eigenvalue weighted by Gasteiger charge is -2.11. The van der Waals surface area contributed by atoms with Gasteiger partial charge in [0.25, 0.3) is 0 Å². The first kappa shape index (κ1) is 30.8. The molecule has 0 aromatic heterocycles. The summed E-state index contributed by atoms with van der Waals surface area (Å²) in [6, 6.07) is 21.1. The van der Waals surface area contributed by atoms with Crippen molar-refractivity contribution in [1.29, 1.82) is 0 Å². The van der Waals surface area contributed by atoms with Crippen LogP contribution in [0.25, 0.3) is 11.1 Å². The van der Waals surface area contributed by atoms with E-state index in [1.54, 1.807) is 12.1 Å². The Labute approximate surface area is 240 Å². The largest absolute Gasteiger partial charge is 0.494 e. The van der Waals surface area contributed by atoms with E-state index in [1.807, 2.05) is 36.4 Å². The summed E-state index contributed by atoms with van der Waals surface area (Å²) in [5.74, 6) is 7.67. The van der Waals surface area contributed by atoms with Crippen molar-refractivity contribution >= 4 is 5.69 Å². The average molecular weight is 542 g/mol. The van der Waals surface area contributed by atoms with Crippen molar-refractivity contribution in [2.75, 3.05) is 13.2 Å². The zero-order chi connectivity index (χ0) is 28.6. The highest BCUT2D eigenvalue weighted by Crippen LogP contribution is 2.28. The van der Waals surface area contributed by atoms with Gasteiger partial charge in [0.2, 0.25) is 0 Å². The van der Waals surface area contributed by atoms with Crippen molar-refractivity contribution in [3.05, 3.63) is 88.0 Å². The summed E-state index contributed by atoms with van der Waals surface area (Å²) < 4.78 is 11.6. The van der Waals surface area contributed by atoms with Crippen LogP contribution in [0.4, 0.5) is 5.69 Å². The minimum atomic E-state index is -0.418. The van der Waals surface area contributed by atoms with Gasteiger partial charge in [-0.05, 0) is 59.9 Å². The molecule has 0 spiro atoms. The van der Waals surface area contributed by atoms with Gasteiger partial charge < -0.3 is 9.47 Å². The maximum Gasteiger partial charge on any atom is 0.312 e. The van der Waals surface area contributed by atoms with Gasteiger partial charge in [0, 0.05) is 17.2 Å². The first-order chi connectivity index (χ1) is 19.5. The molecule has 5 heteroatoms. The fourth-order valence-electron chi connectivity index (χ4n) is 4.27. The van der Waals surface area contributed by atoms with Gasteiger partial charge in [0.15, 0.2) is 5.75 Å². The molecule has 0 unspecified atom stereocenters. The lowest BCUT2D eigenvalue weighted by molar-refractivity contribution is -0.385. The number of nitro groups is 1. The third-order valence-electron chi connectivity index (χ3n) is 7.07. The molecule has 0 heterocycles. The summed E-state index contributed by atoms with van der Waals surface area (Å²) in [6.07, 6.45) is 11.3. The maximum absolute atomic E-state index is 11.6. The van der Waals surface area contributed by atoms with E-state index in [9.17, 15) is 10.1 Å². The lowest BCUT2D eigenvalue weighted by atomic mass is 10.0. The van der Waals surface area contributed by atoms with Crippen molar-refractivity contribution < 1.29 is 14.4 Å². The summed E-state index contributed by atoms with van der Waals surface area (Å²) >= 11 is 0. The third-order valence-corrected chi connectivity index (χ3v) is 7.07. The lowest BCUT2D eigenvalue weighted by Crippen LogP contribution is -2.08. The number of ether oxygens (including phenoxy) is 2. The predicted molar refractivity (Wildman–Crippen MR) is 164 cm³/mol. The maximum atomic E-state index is 11.6. The molecular weight excluding hydrogens is 498 g/mol. The van der Waals surface area contributed by atoms with Gasteiger partial charge in [0.05, 0.1) is 18.1 Å². The molecule has 0 bridgehead atoms. The van der Waals surface area contributed by atoms with E-state index < -0.39 is 4.92 Å². The van der Waals surface area contributed by atoms with Crippen LogP contribution in [0.15, 0.2) is 66.7 Å². The monoisotopic (exact) mass is 541 g/mol. The molecule has 212 valence electrons. The van der Waals surface area contributed by atoms with Crippen molar-refractivity contribution in [3.8, 4) is 34.5 Å². The quantitative estimate of drug-likeness (QED) is 0.0784. The SMILES string of the molecule is CCCCCCCCCCOc1ccc(-c2ccc(C#Cc3ccc(OC[C@@H](C)CC)c([N+](=O)[O-])c3)cc2)cc1. The highest BCUT2D eigenvalue weighted by Gasteiger charge is 2.16. The van der Waals surface area contributed by atoms with Crippen LogP contribution in [-0.2, 0) is 0 Å². The number of benzene rings is 3. The van der Waals surface area contributed by atoms with Gasteiger partial charge in [-0.25, -0.2) is 0 Å². The Balaban J connectivity index is 1.51. The topological polar surface area (TPSA) is 61.6 Å². The van der Waals surface area contributed by atoms with Crippen LogP contribution < -0.4 is 9.47 Å². The molecule has 40 heavy (non-hydrogen) atoms. The van der Waals surface area contributed by atoms with Gasteiger partial charge in [0.1, 0.15) is 5.75 Å². The molecule has 1 atom stereocenters. The molecule has 0 saturated carbocycles. The highest BCUT2D eigenvalue weighted by atomic mass is 16.6. The van der Waals surface area contributed by atoms with Crippen LogP contribution in [0.1, 0.15) is 89.7 Å². The molecule has 0 saturated heterocycles. The normalized spacial score (nSPS) is 11.4. The number of nitrogens with zero attached hydrogens (tertiary/aromatic N) is 1. The minimum Gasteiger partial charge on any atom is -0.494 e.